The topological polar surface area (TPSA) is 94.1 Å². The predicted octanol–water partition coefficient (Wildman–Crippen LogP) is 2.88. The fraction of sp³-hybridized carbons (Fsp3) is 0.500. The molecule has 0 fully saturated rings. The molecule has 1 amide bonds. The Labute approximate surface area is 144 Å². The lowest BCUT2D eigenvalue weighted by Gasteiger charge is -2.14. The molecular weight excluding hydrogens is 332 g/mol. The first-order valence-electron chi connectivity index (χ1n) is 7.85. The normalized spacial score (nSPS) is 14.9. The Kier molecular flexibility index (Phi) is 6.08. The molecule has 130 valence electrons. The molecule has 1 aliphatic carbocycles. The van der Waals surface area contributed by atoms with Crippen LogP contribution in [0.1, 0.15) is 60.8 Å². The third-order valence-electron chi connectivity index (χ3n) is 3.45. The van der Waals surface area contributed by atoms with Crippen LogP contribution in [0.25, 0.3) is 0 Å². The fourth-order valence-corrected chi connectivity index (χ4v) is 3.67. The third kappa shape index (κ3) is 4.00. The number of nitrogens with one attached hydrogen (secondary N) is 1. The first-order valence-corrected chi connectivity index (χ1v) is 8.67. The van der Waals surface area contributed by atoms with Crippen molar-refractivity contribution in [3.63, 3.8) is 0 Å². The van der Waals surface area contributed by atoms with Crippen LogP contribution < -0.4 is 5.32 Å². The lowest BCUT2D eigenvalue weighted by atomic mass is 9.94. The zero-order valence-electron chi connectivity index (χ0n) is 13.9. The van der Waals surface area contributed by atoms with Gasteiger partial charge >= 0.3 is 11.9 Å². The van der Waals surface area contributed by atoms with Crippen molar-refractivity contribution in [3.8, 4) is 0 Å². The largest absolute Gasteiger partial charge is 0.462 e. The van der Waals surface area contributed by atoms with Crippen molar-refractivity contribution in [3.05, 3.63) is 16.0 Å². The van der Waals surface area contributed by atoms with E-state index in [1.54, 1.807) is 13.8 Å². The van der Waals surface area contributed by atoms with Gasteiger partial charge in [-0.05, 0) is 31.7 Å². The number of ether oxygens (including phenoxy) is 1. The molecule has 0 aromatic carbocycles. The van der Waals surface area contributed by atoms with Crippen LogP contribution in [0.2, 0.25) is 0 Å². The van der Waals surface area contributed by atoms with Gasteiger partial charge in [-0.2, -0.15) is 0 Å². The average molecular weight is 352 g/mol. The van der Waals surface area contributed by atoms with E-state index in [0.29, 0.717) is 35.5 Å². The highest BCUT2D eigenvalue weighted by molar-refractivity contribution is 7.19. The summed E-state index contributed by atoms with van der Waals surface area (Å²) in [4.78, 5) is 40.6. The highest BCUT2D eigenvalue weighted by Crippen LogP contribution is 2.39. The van der Waals surface area contributed by atoms with Gasteiger partial charge in [0.2, 0.25) is 5.91 Å². The van der Waals surface area contributed by atoms with Crippen LogP contribution >= 0.6 is 11.3 Å². The van der Waals surface area contributed by atoms with Gasteiger partial charge in [-0.3, -0.25) is 4.79 Å². The van der Waals surface area contributed by atoms with E-state index in [1.807, 2.05) is 0 Å². The molecule has 1 aliphatic rings. The van der Waals surface area contributed by atoms with Crippen molar-refractivity contribution < 1.29 is 24.0 Å². The molecule has 0 saturated carbocycles. The standard InChI is InChI=1S/C16H20N2O5S/c1-4-12(20)17-15-13(16(21)22-5-2)10-7-6-8-11(14(10)24-15)18-23-9(3)19/h4-8H2,1-3H3,(H,17,20)/b18-11-. The van der Waals surface area contributed by atoms with Crippen LogP contribution in [0.15, 0.2) is 5.16 Å². The molecule has 7 nitrogen and oxygen atoms in total. The Bertz CT molecular complexity index is 693. The van der Waals surface area contributed by atoms with E-state index in [-0.39, 0.29) is 12.5 Å². The maximum absolute atomic E-state index is 12.3. The highest BCUT2D eigenvalue weighted by atomic mass is 32.1. The Morgan fingerprint density at radius 3 is 2.62 bits per heavy atom. The van der Waals surface area contributed by atoms with Crippen LogP contribution in [0.3, 0.4) is 0 Å². The van der Waals surface area contributed by atoms with Crippen LogP contribution in [0, 0.1) is 0 Å². The Balaban J connectivity index is 2.48. The van der Waals surface area contributed by atoms with Crippen molar-refractivity contribution >= 4 is 39.9 Å². The molecule has 0 atom stereocenters. The van der Waals surface area contributed by atoms with Crippen LogP contribution in [0.5, 0.6) is 0 Å². The SMILES string of the molecule is CCOC(=O)c1c(NC(=O)CC)sc2c1CCC/C2=N/OC(C)=O. The maximum Gasteiger partial charge on any atom is 0.341 e. The summed E-state index contributed by atoms with van der Waals surface area (Å²) in [6.45, 7) is 4.99. The number of esters is 1. The minimum atomic E-state index is -0.503. The monoisotopic (exact) mass is 352 g/mol. The van der Waals surface area contributed by atoms with E-state index in [2.05, 4.69) is 10.5 Å². The first kappa shape index (κ1) is 18.1. The number of fused-ring (bicyclic) bond motifs is 1. The molecule has 0 aliphatic heterocycles. The number of carbonyl (C=O) groups excluding carboxylic acids is 3. The van der Waals surface area contributed by atoms with Gasteiger partial charge in [0.05, 0.1) is 22.8 Å². The summed E-state index contributed by atoms with van der Waals surface area (Å²) in [5.41, 5.74) is 1.79. The van der Waals surface area contributed by atoms with E-state index in [9.17, 15) is 14.4 Å². The molecule has 0 radical (unpaired) electrons. The molecule has 1 aromatic heterocycles. The zero-order valence-corrected chi connectivity index (χ0v) is 14.7. The molecule has 1 heterocycles. The van der Waals surface area contributed by atoms with Gasteiger partial charge in [0.25, 0.3) is 0 Å². The second-order valence-electron chi connectivity index (χ2n) is 5.21. The lowest BCUT2D eigenvalue weighted by Crippen LogP contribution is -2.16. The van der Waals surface area contributed by atoms with Crippen molar-refractivity contribution in [2.24, 2.45) is 5.16 Å². The summed E-state index contributed by atoms with van der Waals surface area (Å²) < 4.78 is 5.13. The molecule has 0 unspecified atom stereocenters. The Morgan fingerprint density at radius 2 is 2.00 bits per heavy atom. The zero-order chi connectivity index (χ0) is 17.7. The van der Waals surface area contributed by atoms with E-state index >= 15 is 0 Å². The molecule has 0 bridgehead atoms. The Hall–Kier alpha value is -2.22. The van der Waals surface area contributed by atoms with E-state index in [4.69, 9.17) is 9.57 Å². The van der Waals surface area contributed by atoms with E-state index in [0.717, 1.165) is 16.9 Å². The molecule has 1 N–H and O–H groups in total. The molecule has 1 aromatic rings. The quantitative estimate of drug-likeness (QED) is 0.499. The van der Waals surface area contributed by atoms with Gasteiger partial charge in [-0.15, -0.1) is 11.3 Å². The number of carbonyl (C=O) groups is 3. The average Bonchev–Trinajstić information content (AvgIpc) is 2.91. The number of rotatable bonds is 5. The molecule has 0 saturated heterocycles. The minimum absolute atomic E-state index is 0.183. The van der Waals surface area contributed by atoms with Gasteiger partial charge in [0.15, 0.2) is 0 Å². The second kappa shape index (κ2) is 8.05. The summed E-state index contributed by atoms with van der Waals surface area (Å²) in [6, 6.07) is 0. The van der Waals surface area contributed by atoms with Gasteiger partial charge in [0.1, 0.15) is 5.00 Å². The van der Waals surface area contributed by atoms with E-state index in [1.165, 1.54) is 18.3 Å². The summed E-state index contributed by atoms with van der Waals surface area (Å²) in [6.07, 6.45) is 2.40. The fourth-order valence-electron chi connectivity index (χ4n) is 2.41. The van der Waals surface area contributed by atoms with Gasteiger partial charge < -0.3 is 14.9 Å². The van der Waals surface area contributed by atoms with Gasteiger partial charge in [-0.1, -0.05) is 12.1 Å². The van der Waals surface area contributed by atoms with Crippen LogP contribution in [-0.2, 0) is 25.6 Å². The smallest absolute Gasteiger partial charge is 0.341 e. The number of oxime groups is 1. The van der Waals surface area contributed by atoms with Gasteiger partial charge in [0, 0.05) is 13.3 Å². The summed E-state index contributed by atoms with van der Waals surface area (Å²) in [7, 11) is 0. The van der Waals surface area contributed by atoms with Crippen LogP contribution in [-0.4, -0.2) is 30.2 Å². The first-order chi connectivity index (χ1) is 11.5. The van der Waals surface area contributed by atoms with Crippen molar-refractivity contribution in [1.82, 2.24) is 0 Å². The second-order valence-corrected chi connectivity index (χ2v) is 6.23. The number of thiophene rings is 1. The highest BCUT2D eigenvalue weighted by Gasteiger charge is 2.30. The summed E-state index contributed by atoms with van der Waals surface area (Å²) in [5.74, 6) is -1.15. The number of hydrogen-bond donors (Lipinski definition) is 1. The molecule has 2 rings (SSSR count). The predicted molar refractivity (Wildman–Crippen MR) is 90.4 cm³/mol. The molecular formula is C16H20N2O5S. The maximum atomic E-state index is 12.3. The van der Waals surface area contributed by atoms with Crippen LogP contribution in [0.4, 0.5) is 5.00 Å². The number of nitrogens with zero attached hydrogens (tertiary/aromatic N) is 1. The minimum Gasteiger partial charge on any atom is -0.462 e. The number of amides is 1. The van der Waals surface area contributed by atoms with Crippen molar-refractivity contribution in [2.75, 3.05) is 11.9 Å². The number of anilines is 1. The van der Waals surface area contributed by atoms with Crippen molar-refractivity contribution in [1.29, 1.82) is 0 Å². The number of hydrogen-bond acceptors (Lipinski definition) is 7. The summed E-state index contributed by atoms with van der Waals surface area (Å²) >= 11 is 1.26. The molecule has 24 heavy (non-hydrogen) atoms. The lowest BCUT2D eigenvalue weighted by molar-refractivity contribution is -0.140. The molecule has 8 heteroatoms. The Morgan fingerprint density at radius 1 is 1.25 bits per heavy atom. The van der Waals surface area contributed by atoms with Gasteiger partial charge in [-0.25, -0.2) is 9.59 Å². The van der Waals surface area contributed by atoms with E-state index < -0.39 is 11.9 Å². The third-order valence-corrected chi connectivity index (χ3v) is 4.64. The van der Waals surface area contributed by atoms with Crippen molar-refractivity contribution in [2.45, 2.75) is 46.5 Å². The summed E-state index contributed by atoms with van der Waals surface area (Å²) in [5, 5.41) is 7.11. The molecule has 0 spiro atoms.